The Morgan fingerprint density at radius 3 is 1.02 bits per heavy atom. The van der Waals surface area contributed by atoms with Crippen molar-refractivity contribution < 1.29 is 61.0 Å². The summed E-state index contributed by atoms with van der Waals surface area (Å²) in [6.45, 7) is 2.54. The quantitative estimate of drug-likeness (QED) is 0.102. The van der Waals surface area contributed by atoms with Gasteiger partial charge in [0.1, 0.15) is 40.4 Å². The van der Waals surface area contributed by atoms with Crippen molar-refractivity contribution in [3.63, 3.8) is 0 Å². The van der Waals surface area contributed by atoms with Crippen LogP contribution in [0.15, 0.2) is 97.1 Å². The Morgan fingerprint density at radius 1 is 0.466 bits per heavy atom. The molecule has 13 nitrogen and oxygen atoms in total. The predicted molar refractivity (Wildman–Crippen MR) is 215 cm³/mol. The van der Waals surface area contributed by atoms with Gasteiger partial charge in [0, 0.05) is 78.5 Å². The van der Waals surface area contributed by atoms with Crippen LogP contribution in [0.3, 0.4) is 0 Å². The number of carboxylic acids is 3. The number of benzene rings is 4. The van der Waals surface area contributed by atoms with E-state index in [-0.39, 0.29) is 49.8 Å². The zero-order valence-corrected chi connectivity index (χ0v) is 35.0. The van der Waals surface area contributed by atoms with Crippen LogP contribution in [0.5, 0.6) is 17.2 Å². The van der Waals surface area contributed by atoms with E-state index in [1.165, 1.54) is 15.9 Å². The fourth-order valence-electron chi connectivity index (χ4n) is 7.27. The van der Waals surface area contributed by atoms with E-state index >= 15 is 0 Å². The van der Waals surface area contributed by atoms with E-state index in [4.69, 9.17) is 14.2 Å². The fraction of sp³-hybridized carbons (Fsp3) is 0.372. The number of hydrogen-bond acceptors (Lipinski definition) is 13. The van der Waals surface area contributed by atoms with E-state index in [1.54, 1.807) is 36.0 Å². The molecule has 0 N–H and O–H groups in total. The molecule has 15 heteroatoms. The molecule has 4 aromatic rings. The first kappa shape index (κ1) is 46.2. The van der Waals surface area contributed by atoms with Gasteiger partial charge in [0.25, 0.3) is 0 Å². The van der Waals surface area contributed by atoms with Crippen LogP contribution in [0.1, 0.15) is 11.1 Å². The maximum Gasteiger partial charge on any atom is 2.00 e. The van der Waals surface area contributed by atoms with Crippen LogP contribution < -0.4 is 45.4 Å². The summed E-state index contributed by atoms with van der Waals surface area (Å²) < 4.78 is 16.6. The summed E-state index contributed by atoms with van der Waals surface area (Å²) in [5.74, 6) is -1.36. The second kappa shape index (κ2) is 22.6. The van der Waals surface area contributed by atoms with Crippen LogP contribution >= 0.6 is 7.26 Å². The molecule has 1 aliphatic rings. The van der Waals surface area contributed by atoms with E-state index in [9.17, 15) is 29.7 Å². The summed E-state index contributed by atoms with van der Waals surface area (Å²) in [5.41, 5.74) is 2.19. The third kappa shape index (κ3) is 13.0. The second-order valence-electron chi connectivity index (χ2n) is 14.1. The number of hydrogen-bond donors (Lipinski definition) is 0. The summed E-state index contributed by atoms with van der Waals surface area (Å²) in [6, 6.07) is 33.5. The number of nitrogens with zero attached hydrogens (tertiary/aromatic N) is 4. The molecule has 0 aliphatic carbocycles. The minimum Gasteiger partial charge on any atom is -0.549 e. The second-order valence-corrected chi connectivity index (χ2v) is 17.6. The molecular formula is C43H51CuN4O9P. The molecule has 313 valence electrons. The van der Waals surface area contributed by atoms with Crippen LogP contribution in [0, 0.1) is 0 Å². The van der Waals surface area contributed by atoms with Crippen LogP contribution in [0.25, 0.3) is 0 Å². The number of methoxy groups -OCH3 is 3. The van der Waals surface area contributed by atoms with Gasteiger partial charge < -0.3 is 43.9 Å². The number of rotatable bonds is 16. The predicted octanol–water partition coefficient (Wildman–Crippen LogP) is -0.825. The van der Waals surface area contributed by atoms with Crippen LogP contribution in [0.4, 0.5) is 0 Å². The number of carbonyl (C=O) groups excluding carboxylic acids is 3. The molecule has 1 radical (unpaired) electrons. The SMILES string of the molecule is COc1ccc([P+](Cc2ccc(CN3CCN(CC(=O)[O-])CCN(CC(=O)[O-])CCN(CC(=O)[O-])CC3)cc2)(c2ccc(OC)cc2)c2ccc(OC)cc2)cc1.[64Cu+2]. The Labute approximate surface area is 351 Å². The first-order valence-corrected chi connectivity index (χ1v) is 20.9. The number of carbonyl (C=O) groups is 3. The van der Waals surface area contributed by atoms with Gasteiger partial charge in [-0.1, -0.05) is 24.3 Å². The van der Waals surface area contributed by atoms with Crippen LogP contribution in [-0.2, 0) is 44.2 Å². The molecule has 4 aromatic carbocycles. The van der Waals surface area contributed by atoms with Gasteiger partial charge in [-0.15, -0.1) is 0 Å². The molecule has 0 unspecified atom stereocenters. The topological polar surface area (TPSA) is 161 Å². The first-order valence-electron chi connectivity index (χ1n) is 18.9. The van der Waals surface area contributed by atoms with Crippen LogP contribution in [-0.4, -0.2) is 131 Å². The van der Waals surface area contributed by atoms with Gasteiger partial charge in [0.05, 0.1) is 45.4 Å². The van der Waals surface area contributed by atoms with Gasteiger partial charge in [-0.3, -0.25) is 19.6 Å². The Balaban J connectivity index is 0.00000744. The maximum absolute atomic E-state index is 11.6. The average molecular weight is 863 g/mol. The molecule has 5 rings (SSSR count). The molecule has 1 fully saturated rings. The van der Waals surface area contributed by atoms with Gasteiger partial charge in [-0.05, 0) is 83.9 Å². The molecule has 1 saturated heterocycles. The smallest absolute Gasteiger partial charge is 0.549 e. The molecule has 0 saturated carbocycles. The molecule has 1 aliphatic heterocycles. The zero-order chi connectivity index (χ0) is 40.8. The number of aliphatic carboxylic acids is 3. The minimum atomic E-state index is -2.33. The third-order valence-electron chi connectivity index (χ3n) is 10.4. The molecule has 1 heterocycles. The van der Waals surface area contributed by atoms with Crippen LogP contribution in [0.2, 0.25) is 0 Å². The molecular weight excluding hydrogens is 811 g/mol. The molecule has 0 aromatic heterocycles. The van der Waals surface area contributed by atoms with Crippen molar-refractivity contribution in [3.8, 4) is 17.2 Å². The number of carboxylic acid groups (broad SMARTS) is 3. The minimum absolute atomic E-state index is 0. The zero-order valence-electron chi connectivity index (χ0n) is 33.1. The largest absolute Gasteiger partial charge is 2.00 e. The molecule has 0 amide bonds. The van der Waals surface area contributed by atoms with E-state index in [2.05, 4.69) is 65.6 Å². The Hall–Kier alpha value is -4.52. The van der Waals surface area contributed by atoms with Crippen molar-refractivity contribution in [3.05, 3.63) is 108 Å². The van der Waals surface area contributed by atoms with Gasteiger partial charge in [-0.2, -0.15) is 0 Å². The Kier molecular flexibility index (Phi) is 18.0. The van der Waals surface area contributed by atoms with Crippen molar-refractivity contribution in [2.24, 2.45) is 0 Å². The maximum atomic E-state index is 11.6. The van der Waals surface area contributed by atoms with Crippen molar-refractivity contribution in [1.29, 1.82) is 0 Å². The molecule has 0 spiro atoms. The van der Waals surface area contributed by atoms with Crippen molar-refractivity contribution >= 4 is 41.1 Å². The summed E-state index contributed by atoms with van der Waals surface area (Å²) in [6.07, 6.45) is 0.729. The van der Waals surface area contributed by atoms with E-state index in [1.807, 2.05) is 36.4 Å². The third-order valence-corrected chi connectivity index (χ3v) is 14.8. The summed E-state index contributed by atoms with van der Waals surface area (Å²) in [7, 11) is 2.65. The molecule has 58 heavy (non-hydrogen) atoms. The summed E-state index contributed by atoms with van der Waals surface area (Å²) in [4.78, 5) is 42.0. The summed E-state index contributed by atoms with van der Waals surface area (Å²) >= 11 is 0. The van der Waals surface area contributed by atoms with Gasteiger partial charge in [0.2, 0.25) is 0 Å². The summed E-state index contributed by atoms with van der Waals surface area (Å²) in [5, 5.41) is 38.3. The monoisotopic (exact) mass is 862 g/mol. The fourth-order valence-corrected chi connectivity index (χ4v) is 11.4. The van der Waals surface area contributed by atoms with Crippen molar-refractivity contribution in [1.82, 2.24) is 19.6 Å². The van der Waals surface area contributed by atoms with Crippen molar-refractivity contribution in [2.75, 3.05) is 93.3 Å². The van der Waals surface area contributed by atoms with Gasteiger partial charge in [0.15, 0.2) is 0 Å². The van der Waals surface area contributed by atoms with E-state index < -0.39 is 25.2 Å². The number of ether oxygens (including phenoxy) is 3. The Bertz CT molecular complexity index is 1750. The average Bonchev–Trinajstić information content (AvgIpc) is 3.21. The van der Waals surface area contributed by atoms with E-state index in [0.29, 0.717) is 45.8 Å². The normalized spacial score (nSPS) is 15.3. The van der Waals surface area contributed by atoms with Gasteiger partial charge >= 0.3 is 17.1 Å². The standard InChI is InChI=1S/C43H53N4O9P.Cu/c1-54-35-8-14-38(15-9-35)57(39-16-10-36(55-2)11-17-39,40-18-12-37(56-3)13-19-40)32-34-6-4-33(5-7-34)28-44-20-22-45(29-41(48)49)24-26-47(31-43(52)53)27-25-46(23-21-44)30-42(50)51;/h4-19H,20-32H2,1-3H3,(H2-,48,49,50,51,52,53);/q;+2/p-2/i;1+0. The first-order chi connectivity index (χ1) is 27.5. The van der Waals surface area contributed by atoms with Crippen molar-refractivity contribution in [2.45, 2.75) is 12.7 Å². The Morgan fingerprint density at radius 2 is 0.741 bits per heavy atom. The van der Waals surface area contributed by atoms with Gasteiger partial charge in [-0.25, -0.2) is 0 Å². The van der Waals surface area contributed by atoms with E-state index in [0.717, 1.165) is 34.5 Å². The molecule has 0 bridgehead atoms. The molecule has 0 atom stereocenters.